The third-order valence-corrected chi connectivity index (χ3v) is 4.57. The van der Waals surface area contributed by atoms with E-state index < -0.39 is 0 Å². The molecule has 1 atom stereocenters. The minimum Gasteiger partial charge on any atom is -0.344 e. The Labute approximate surface area is 145 Å². The van der Waals surface area contributed by atoms with Crippen LogP contribution in [0.3, 0.4) is 0 Å². The second kappa shape index (κ2) is 7.88. The van der Waals surface area contributed by atoms with Crippen LogP contribution in [0.15, 0.2) is 42.3 Å². The summed E-state index contributed by atoms with van der Waals surface area (Å²) in [6.07, 6.45) is 1.18. The van der Waals surface area contributed by atoms with Gasteiger partial charge in [0.25, 0.3) is 5.91 Å². The highest BCUT2D eigenvalue weighted by molar-refractivity contribution is 7.09. The van der Waals surface area contributed by atoms with Gasteiger partial charge in [-0.15, -0.1) is 11.3 Å². The monoisotopic (exact) mass is 343 g/mol. The molecule has 1 aromatic carbocycles. The first-order valence-electron chi connectivity index (χ1n) is 7.70. The van der Waals surface area contributed by atoms with Gasteiger partial charge in [0.05, 0.1) is 16.7 Å². The topological polar surface area (TPSA) is 71.1 Å². The summed E-state index contributed by atoms with van der Waals surface area (Å²) in [5, 5.41) is 8.60. The zero-order valence-electron chi connectivity index (χ0n) is 14.0. The number of hydrogen-bond acceptors (Lipinski definition) is 4. The average molecular weight is 343 g/mol. The maximum atomic E-state index is 12.4. The zero-order valence-corrected chi connectivity index (χ0v) is 14.8. The van der Waals surface area contributed by atoms with Crippen molar-refractivity contribution in [2.45, 2.75) is 32.7 Å². The maximum Gasteiger partial charge on any atom is 0.251 e. The molecular formula is C18H21N3O2S. The largest absolute Gasteiger partial charge is 0.344 e. The van der Waals surface area contributed by atoms with E-state index in [4.69, 9.17) is 0 Å². The van der Waals surface area contributed by atoms with E-state index >= 15 is 0 Å². The van der Waals surface area contributed by atoms with E-state index in [2.05, 4.69) is 36.0 Å². The van der Waals surface area contributed by atoms with E-state index in [1.54, 1.807) is 35.6 Å². The number of anilines is 1. The Morgan fingerprint density at radius 2 is 2.04 bits per heavy atom. The van der Waals surface area contributed by atoms with Gasteiger partial charge in [0.15, 0.2) is 0 Å². The first-order valence-corrected chi connectivity index (χ1v) is 8.58. The summed E-state index contributed by atoms with van der Waals surface area (Å²) < 4.78 is 0. The standard InChI is InChI=1S/C18H21N3O2S/c1-5-16(22)20-14-8-6-7-13(9-14)17(23)19-12(4)15-10-24-18(21-15)11(2)3/h5-12H,1H2,2-4H3,(H,19,23)(H,20,22). The third-order valence-electron chi connectivity index (χ3n) is 3.40. The summed E-state index contributed by atoms with van der Waals surface area (Å²) in [4.78, 5) is 28.3. The molecule has 2 rings (SSSR count). The lowest BCUT2D eigenvalue weighted by atomic mass is 10.1. The van der Waals surface area contributed by atoms with Gasteiger partial charge >= 0.3 is 0 Å². The van der Waals surface area contributed by atoms with E-state index in [-0.39, 0.29) is 17.9 Å². The molecule has 0 aliphatic heterocycles. The van der Waals surface area contributed by atoms with Crippen LogP contribution in [-0.4, -0.2) is 16.8 Å². The highest BCUT2D eigenvalue weighted by Crippen LogP contribution is 2.23. The van der Waals surface area contributed by atoms with E-state index in [0.29, 0.717) is 17.2 Å². The summed E-state index contributed by atoms with van der Waals surface area (Å²) in [7, 11) is 0. The number of hydrogen-bond donors (Lipinski definition) is 2. The van der Waals surface area contributed by atoms with Crippen molar-refractivity contribution >= 4 is 28.8 Å². The molecule has 1 aromatic heterocycles. The van der Waals surface area contributed by atoms with E-state index in [9.17, 15) is 9.59 Å². The number of nitrogens with one attached hydrogen (secondary N) is 2. The van der Waals surface area contributed by atoms with Gasteiger partial charge in [-0.25, -0.2) is 4.98 Å². The van der Waals surface area contributed by atoms with Crippen molar-refractivity contribution in [3.8, 4) is 0 Å². The predicted octanol–water partition coefficient (Wildman–Crippen LogP) is 3.88. The van der Waals surface area contributed by atoms with Gasteiger partial charge in [0, 0.05) is 22.5 Å². The van der Waals surface area contributed by atoms with Gasteiger partial charge in [-0.2, -0.15) is 0 Å². The number of benzene rings is 1. The van der Waals surface area contributed by atoms with Gasteiger partial charge in [-0.1, -0.05) is 26.5 Å². The number of amides is 2. The molecule has 126 valence electrons. The summed E-state index contributed by atoms with van der Waals surface area (Å²) in [5.74, 6) is -0.155. The van der Waals surface area contributed by atoms with Crippen LogP contribution in [0, 0.1) is 0 Å². The predicted molar refractivity (Wildman–Crippen MR) is 97.4 cm³/mol. The molecule has 0 bridgehead atoms. The van der Waals surface area contributed by atoms with E-state index in [1.807, 2.05) is 12.3 Å². The molecule has 0 aliphatic carbocycles. The van der Waals surface area contributed by atoms with Crippen molar-refractivity contribution in [2.24, 2.45) is 0 Å². The molecule has 0 saturated carbocycles. The molecule has 1 unspecified atom stereocenters. The fraction of sp³-hybridized carbons (Fsp3) is 0.278. The lowest BCUT2D eigenvalue weighted by Gasteiger charge is -2.12. The Balaban J connectivity index is 2.06. The molecule has 0 aliphatic rings. The van der Waals surface area contributed by atoms with Crippen LogP contribution in [0.1, 0.15) is 53.8 Å². The molecule has 24 heavy (non-hydrogen) atoms. The van der Waals surface area contributed by atoms with Gasteiger partial charge in [-0.05, 0) is 31.2 Å². The molecule has 6 heteroatoms. The normalized spacial score (nSPS) is 11.8. The summed E-state index contributed by atoms with van der Waals surface area (Å²) in [6, 6.07) is 6.58. The summed E-state index contributed by atoms with van der Waals surface area (Å²) >= 11 is 1.60. The van der Waals surface area contributed by atoms with Gasteiger partial charge in [-0.3, -0.25) is 9.59 Å². The van der Waals surface area contributed by atoms with Crippen LogP contribution >= 0.6 is 11.3 Å². The van der Waals surface area contributed by atoms with Gasteiger partial charge in [0.2, 0.25) is 5.91 Å². The number of nitrogens with zero attached hydrogens (tertiary/aromatic N) is 1. The Bertz CT molecular complexity index is 752. The molecule has 2 aromatic rings. The number of thiazole rings is 1. The Hall–Kier alpha value is -2.47. The fourth-order valence-corrected chi connectivity index (χ4v) is 2.98. The molecule has 2 N–H and O–H groups in total. The maximum absolute atomic E-state index is 12.4. The fourth-order valence-electron chi connectivity index (χ4n) is 2.05. The van der Waals surface area contributed by atoms with Crippen LogP contribution in [0.5, 0.6) is 0 Å². The number of aromatic nitrogens is 1. The van der Waals surface area contributed by atoms with E-state index in [0.717, 1.165) is 10.7 Å². The smallest absolute Gasteiger partial charge is 0.251 e. The zero-order chi connectivity index (χ0) is 17.7. The van der Waals surface area contributed by atoms with Crippen molar-refractivity contribution in [3.05, 3.63) is 58.6 Å². The van der Waals surface area contributed by atoms with Crippen molar-refractivity contribution in [1.82, 2.24) is 10.3 Å². The van der Waals surface area contributed by atoms with Crippen LogP contribution in [0.25, 0.3) is 0 Å². The highest BCUT2D eigenvalue weighted by atomic mass is 32.1. The highest BCUT2D eigenvalue weighted by Gasteiger charge is 2.15. The molecule has 0 radical (unpaired) electrons. The Morgan fingerprint density at radius 3 is 2.67 bits per heavy atom. The second-order valence-corrected chi connectivity index (χ2v) is 6.62. The lowest BCUT2D eigenvalue weighted by molar-refractivity contribution is -0.111. The summed E-state index contributed by atoms with van der Waals surface area (Å²) in [5.41, 5.74) is 1.88. The molecule has 2 amide bonds. The molecule has 1 heterocycles. The number of rotatable bonds is 6. The van der Waals surface area contributed by atoms with Crippen LogP contribution in [0.2, 0.25) is 0 Å². The number of carbonyl (C=O) groups is 2. The van der Waals surface area contributed by atoms with E-state index in [1.165, 1.54) is 6.08 Å². The molecule has 5 nitrogen and oxygen atoms in total. The Kier molecular flexibility index (Phi) is 5.87. The molecule has 0 spiro atoms. The van der Waals surface area contributed by atoms with Crippen LogP contribution in [-0.2, 0) is 4.79 Å². The minimum absolute atomic E-state index is 0.187. The molecule has 0 fully saturated rings. The molecule has 0 saturated heterocycles. The van der Waals surface area contributed by atoms with Crippen molar-refractivity contribution in [3.63, 3.8) is 0 Å². The second-order valence-electron chi connectivity index (χ2n) is 5.73. The lowest BCUT2D eigenvalue weighted by Crippen LogP contribution is -2.27. The third kappa shape index (κ3) is 4.52. The van der Waals surface area contributed by atoms with Crippen LogP contribution in [0.4, 0.5) is 5.69 Å². The summed E-state index contributed by atoms with van der Waals surface area (Å²) in [6.45, 7) is 9.49. The van der Waals surface area contributed by atoms with Crippen molar-refractivity contribution < 1.29 is 9.59 Å². The first-order chi connectivity index (χ1) is 11.4. The Morgan fingerprint density at radius 1 is 1.29 bits per heavy atom. The SMILES string of the molecule is C=CC(=O)Nc1cccc(C(=O)NC(C)c2csc(C(C)C)n2)c1. The quantitative estimate of drug-likeness (QED) is 0.782. The molecular weight excluding hydrogens is 322 g/mol. The number of carbonyl (C=O) groups excluding carboxylic acids is 2. The first kappa shape index (κ1) is 17.9. The van der Waals surface area contributed by atoms with Crippen molar-refractivity contribution in [2.75, 3.05) is 5.32 Å². The van der Waals surface area contributed by atoms with Crippen LogP contribution < -0.4 is 10.6 Å². The van der Waals surface area contributed by atoms with Gasteiger partial charge in [0.1, 0.15) is 0 Å². The van der Waals surface area contributed by atoms with Crippen molar-refractivity contribution in [1.29, 1.82) is 0 Å². The average Bonchev–Trinajstić information content (AvgIpc) is 3.05. The minimum atomic E-state index is -0.315. The van der Waals surface area contributed by atoms with Gasteiger partial charge < -0.3 is 10.6 Å².